The molecule has 0 unspecified atom stereocenters. The van der Waals surface area contributed by atoms with Crippen molar-refractivity contribution in [1.29, 1.82) is 0 Å². The first-order valence-corrected chi connectivity index (χ1v) is 10.3. The van der Waals surface area contributed by atoms with Crippen LogP contribution in [0.3, 0.4) is 0 Å². The zero-order valence-corrected chi connectivity index (χ0v) is 16.8. The Morgan fingerprint density at radius 3 is 2.06 bits per heavy atom. The predicted octanol–water partition coefficient (Wildman–Crippen LogP) is 5.77. The van der Waals surface area contributed by atoms with Gasteiger partial charge in [-0.15, -0.1) is 0 Å². The van der Waals surface area contributed by atoms with Crippen LogP contribution in [0.25, 0.3) is 60.3 Å². The number of rotatable bonds is 1. The van der Waals surface area contributed by atoms with Gasteiger partial charge < -0.3 is 9.13 Å². The molecule has 4 heterocycles. The molecule has 31 heavy (non-hydrogen) atoms. The molecule has 0 radical (unpaired) electrons. The van der Waals surface area contributed by atoms with Gasteiger partial charge in [0.05, 0.1) is 45.0 Å². The van der Waals surface area contributed by atoms with Gasteiger partial charge in [-0.3, -0.25) is 9.97 Å². The van der Waals surface area contributed by atoms with Crippen molar-refractivity contribution in [1.82, 2.24) is 24.1 Å². The molecule has 3 aromatic carbocycles. The first-order valence-electron chi connectivity index (χ1n) is 10.3. The van der Waals surface area contributed by atoms with Gasteiger partial charge in [0.1, 0.15) is 5.52 Å². The summed E-state index contributed by atoms with van der Waals surface area (Å²) in [5.74, 6) is 0. The van der Waals surface area contributed by atoms with Gasteiger partial charge in [0.25, 0.3) is 0 Å². The molecule has 0 aliphatic heterocycles. The van der Waals surface area contributed by atoms with Crippen molar-refractivity contribution in [2.75, 3.05) is 0 Å². The van der Waals surface area contributed by atoms with Crippen molar-refractivity contribution in [3.05, 3.63) is 85.5 Å². The Hall–Kier alpha value is -4.25. The molecular formula is C26H17N5. The van der Waals surface area contributed by atoms with Crippen molar-refractivity contribution in [2.24, 2.45) is 7.05 Å². The van der Waals surface area contributed by atoms with Crippen molar-refractivity contribution in [3.63, 3.8) is 0 Å². The Morgan fingerprint density at radius 2 is 1.29 bits per heavy atom. The summed E-state index contributed by atoms with van der Waals surface area (Å²) >= 11 is 0. The van der Waals surface area contributed by atoms with Gasteiger partial charge in [-0.05, 0) is 30.3 Å². The number of imidazole rings is 1. The summed E-state index contributed by atoms with van der Waals surface area (Å²) in [5, 5.41) is 4.57. The molecule has 5 nitrogen and oxygen atoms in total. The van der Waals surface area contributed by atoms with Crippen LogP contribution < -0.4 is 0 Å². The van der Waals surface area contributed by atoms with Crippen LogP contribution >= 0.6 is 0 Å². The van der Waals surface area contributed by atoms with Gasteiger partial charge in [0.2, 0.25) is 0 Å². The number of para-hydroxylation sites is 2. The van der Waals surface area contributed by atoms with Crippen LogP contribution in [0, 0.1) is 0 Å². The molecular weight excluding hydrogens is 382 g/mol. The number of aryl methyl sites for hydroxylation is 1. The van der Waals surface area contributed by atoms with Gasteiger partial charge in [0, 0.05) is 35.6 Å². The molecule has 4 aromatic heterocycles. The summed E-state index contributed by atoms with van der Waals surface area (Å²) in [6.45, 7) is 0. The highest BCUT2D eigenvalue weighted by atomic mass is 15.0. The van der Waals surface area contributed by atoms with Crippen LogP contribution in [-0.4, -0.2) is 24.1 Å². The van der Waals surface area contributed by atoms with E-state index in [1.165, 1.54) is 21.8 Å². The fourth-order valence-electron chi connectivity index (χ4n) is 4.94. The number of hydrogen-bond donors (Lipinski definition) is 0. The molecule has 7 rings (SSSR count). The number of hydrogen-bond acceptors (Lipinski definition) is 3. The molecule has 0 saturated carbocycles. The summed E-state index contributed by atoms with van der Waals surface area (Å²) in [4.78, 5) is 14.2. The second kappa shape index (κ2) is 5.89. The summed E-state index contributed by atoms with van der Waals surface area (Å²) < 4.78 is 4.43. The Bertz CT molecular complexity index is 1750. The molecule has 0 fully saturated rings. The summed E-state index contributed by atoms with van der Waals surface area (Å²) in [5.41, 5.74) is 7.23. The maximum absolute atomic E-state index is 4.79. The molecule has 0 amide bonds. The van der Waals surface area contributed by atoms with E-state index in [4.69, 9.17) is 15.0 Å². The number of aromatic nitrogens is 5. The molecule has 0 spiro atoms. The second-order valence-electron chi connectivity index (χ2n) is 7.88. The molecule has 146 valence electrons. The van der Waals surface area contributed by atoms with Crippen molar-refractivity contribution in [3.8, 4) is 5.69 Å². The van der Waals surface area contributed by atoms with E-state index in [2.05, 4.69) is 69.8 Å². The summed E-state index contributed by atoms with van der Waals surface area (Å²) in [7, 11) is 2.04. The Labute approximate surface area is 177 Å². The van der Waals surface area contributed by atoms with Crippen molar-refractivity contribution < 1.29 is 0 Å². The van der Waals surface area contributed by atoms with Crippen molar-refractivity contribution >= 4 is 54.6 Å². The van der Waals surface area contributed by atoms with Gasteiger partial charge in [-0.2, -0.15) is 0 Å². The predicted molar refractivity (Wildman–Crippen MR) is 126 cm³/mol. The van der Waals surface area contributed by atoms with Crippen LogP contribution in [0.1, 0.15) is 0 Å². The van der Waals surface area contributed by atoms with Gasteiger partial charge in [-0.25, -0.2) is 4.98 Å². The highest BCUT2D eigenvalue weighted by molar-refractivity contribution is 6.23. The fraction of sp³-hybridized carbons (Fsp3) is 0.0385. The lowest BCUT2D eigenvalue weighted by Crippen LogP contribution is -1.99. The van der Waals surface area contributed by atoms with E-state index >= 15 is 0 Å². The summed E-state index contributed by atoms with van der Waals surface area (Å²) in [6.07, 6.45) is 5.59. The SMILES string of the molecule is Cn1cnc2c3cccnc3c3nccc(-n4c5ccccc5c5ccccc54)c3c21. The minimum Gasteiger partial charge on any atom is -0.333 e. The molecule has 0 aliphatic carbocycles. The highest BCUT2D eigenvalue weighted by Gasteiger charge is 2.20. The van der Waals surface area contributed by atoms with Crippen molar-refractivity contribution in [2.45, 2.75) is 0 Å². The largest absolute Gasteiger partial charge is 0.333 e. The lowest BCUT2D eigenvalue weighted by Gasteiger charge is -2.14. The molecule has 7 aromatic rings. The number of fused-ring (bicyclic) bond motifs is 9. The second-order valence-corrected chi connectivity index (χ2v) is 7.88. The van der Waals surface area contributed by atoms with E-state index in [1.54, 1.807) is 0 Å². The maximum Gasteiger partial charge on any atom is 0.101 e. The first-order chi connectivity index (χ1) is 15.3. The minimum atomic E-state index is 0.881. The highest BCUT2D eigenvalue weighted by Crippen LogP contribution is 2.38. The zero-order chi connectivity index (χ0) is 20.5. The molecule has 0 atom stereocenters. The number of benzene rings is 3. The third kappa shape index (κ3) is 2.07. The molecule has 0 bridgehead atoms. The Morgan fingerprint density at radius 1 is 0.613 bits per heavy atom. The fourth-order valence-corrected chi connectivity index (χ4v) is 4.94. The number of nitrogens with zero attached hydrogens (tertiary/aromatic N) is 5. The van der Waals surface area contributed by atoms with E-state index in [-0.39, 0.29) is 0 Å². The molecule has 0 saturated heterocycles. The summed E-state index contributed by atoms with van der Waals surface area (Å²) in [6, 6.07) is 23.3. The molecule has 0 aliphatic rings. The van der Waals surface area contributed by atoms with Gasteiger partial charge >= 0.3 is 0 Å². The van der Waals surface area contributed by atoms with Crippen LogP contribution in [0.5, 0.6) is 0 Å². The average Bonchev–Trinajstić information content (AvgIpc) is 3.37. The van der Waals surface area contributed by atoms with E-state index in [0.29, 0.717) is 0 Å². The smallest absolute Gasteiger partial charge is 0.101 e. The van der Waals surface area contributed by atoms with Crippen LogP contribution in [0.2, 0.25) is 0 Å². The average molecular weight is 399 g/mol. The lowest BCUT2D eigenvalue weighted by molar-refractivity contribution is 0.950. The van der Waals surface area contributed by atoms with Crippen LogP contribution in [0.15, 0.2) is 85.5 Å². The standard InChI is InChI=1S/C26H17N5/c1-30-15-29-24-18-9-6-13-27-23(18)25-22(26(24)30)21(12-14-28-25)31-19-10-4-2-7-16(19)17-8-3-5-11-20(17)31/h2-15H,1H3. The van der Waals surface area contributed by atoms with E-state index in [0.717, 1.165) is 38.5 Å². The normalized spacial score (nSPS) is 12.0. The van der Waals surface area contributed by atoms with Gasteiger partial charge in [0.15, 0.2) is 0 Å². The molecule has 0 N–H and O–H groups in total. The quantitative estimate of drug-likeness (QED) is 0.329. The zero-order valence-electron chi connectivity index (χ0n) is 16.8. The van der Waals surface area contributed by atoms with E-state index in [9.17, 15) is 0 Å². The third-order valence-corrected chi connectivity index (χ3v) is 6.21. The monoisotopic (exact) mass is 399 g/mol. The Balaban J connectivity index is 1.79. The van der Waals surface area contributed by atoms with Crippen LogP contribution in [0.4, 0.5) is 0 Å². The maximum atomic E-state index is 4.79. The van der Waals surface area contributed by atoms with Gasteiger partial charge in [-0.1, -0.05) is 36.4 Å². The first kappa shape index (κ1) is 16.5. The van der Waals surface area contributed by atoms with Crippen LogP contribution in [-0.2, 0) is 7.05 Å². The lowest BCUT2D eigenvalue weighted by atomic mass is 10.1. The molecule has 5 heteroatoms. The Kier molecular flexibility index (Phi) is 3.14. The third-order valence-electron chi connectivity index (χ3n) is 6.21. The number of pyridine rings is 2. The van der Waals surface area contributed by atoms with E-state index < -0.39 is 0 Å². The minimum absolute atomic E-state index is 0.881. The topological polar surface area (TPSA) is 48.5 Å². The van der Waals surface area contributed by atoms with E-state index in [1.807, 2.05) is 31.8 Å².